The maximum atomic E-state index is 13.7. The van der Waals surface area contributed by atoms with Gasteiger partial charge in [0.25, 0.3) is 5.91 Å². The highest BCUT2D eigenvalue weighted by Crippen LogP contribution is 2.55. The van der Waals surface area contributed by atoms with Crippen LogP contribution in [-0.2, 0) is 14.4 Å². The molecule has 5 rings (SSSR count). The molecule has 0 aliphatic carbocycles. The van der Waals surface area contributed by atoms with Crippen LogP contribution in [0, 0.1) is 11.2 Å². The Hall–Kier alpha value is -3.51. The van der Waals surface area contributed by atoms with E-state index in [0.717, 1.165) is 16.2 Å². The molecular formula is C24H19FN2O3. The molecule has 2 amide bonds. The summed E-state index contributed by atoms with van der Waals surface area (Å²) >= 11 is 0. The van der Waals surface area contributed by atoms with Crippen molar-refractivity contribution in [3.63, 3.8) is 0 Å². The van der Waals surface area contributed by atoms with E-state index >= 15 is 0 Å². The molecule has 0 radical (unpaired) electrons. The van der Waals surface area contributed by atoms with E-state index < -0.39 is 29.3 Å². The monoisotopic (exact) mass is 402 g/mol. The topological polar surface area (TPSA) is 49.9 Å². The van der Waals surface area contributed by atoms with E-state index in [1.165, 1.54) is 24.3 Å². The summed E-state index contributed by atoms with van der Waals surface area (Å²) in [5, 5.41) is 1.66. The summed E-state index contributed by atoms with van der Waals surface area (Å²) in [5.41, 5.74) is 0.816. The molecule has 2 fully saturated rings. The third kappa shape index (κ3) is 2.57. The number of halogens is 1. The summed E-state index contributed by atoms with van der Waals surface area (Å²) in [6, 6.07) is 23.8. The van der Waals surface area contributed by atoms with E-state index in [1.54, 1.807) is 12.0 Å². The minimum Gasteiger partial charge on any atom is -0.273 e. The third-order valence-electron chi connectivity index (χ3n) is 5.89. The van der Waals surface area contributed by atoms with Crippen molar-refractivity contribution in [3.05, 3.63) is 96.3 Å². The molecule has 2 aliphatic heterocycles. The second-order valence-corrected chi connectivity index (χ2v) is 7.70. The Kier molecular flexibility index (Phi) is 4.18. The van der Waals surface area contributed by atoms with Gasteiger partial charge >= 0.3 is 0 Å². The molecule has 0 spiro atoms. The van der Waals surface area contributed by atoms with Gasteiger partial charge in [-0.3, -0.25) is 14.4 Å². The van der Waals surface area contributed by atoms with E-state index in [1.807, 2.05) is 60.7 Å². The number of hydrogen-bond acceptors (Lipinski definition) is 4. The largest absolute Gasteiger partial charge is 0.273 e. The van der Waals surface area contributed by atoms with Crippen LogP contribution in [-0.4, -0.2) is 17.9 Å². The predicted molar refractivity (Wildman–Crippen MR) is 110 cm³/mol. The number of imide groups is 1. The van der Waals surface area contributed by atoms with E-state index in [2.05, 4.69) is 0 Å². The zero-order valence-electron chi connectivity index (χ0n) is 16.2. The van der Waals surface area contributed by atoms with Gasteiger partial charge in [0.05, 0.1) is 17.4 Å². The fourth-order valence-electron chi connectivity index (χ4n) is 4.40. The molecule has 2 saturated heterocycles. The maximum absolute atomic E-state index is 13.7. The van der Waals surface area contributed by atoms with Gasteiger partial charge in [0, 0.05) is 0 Å². The third-order valence-corrected chi connectivity index (χ3v) is 5.89. The number of hydroxylamine groups is 1. The van der Waals surface area contributed by atoms with Crippen molar-refractivity contribution >= 4 is 23.2 Å². The zero-order chi connectivity index (χ0) is 20.9. The summed E-state index contributed by atoms with van der Waals surface area (Å²) in [6.07, 6.45) is -0.986. The van der Waals surface area contributed by atoms with Crippen LogP contribution in [0.15, 0.2) is 84.9 Å². The van der Waals surface area contributed by atoms with Crippen LogP contribution in [0.4, 0.5) is 15.8 Å². The quantitative estimate of drug-likeness (QED) is 0.614. The average Bonchev–Trinajstić information content (AvgIpc) is 3.19. The summed E-state index contributed by atoms with van der Waals surface area (Å²) in [5.74, 6) is -1.25. The predicted octanol–water partition coefficient (Wildman–Crippen LogP) is 4.27. The molecule has 2 heterocycles. The van der Waals surface area contributed by atoms with Crippen LogP contribution in [0.3, 0.4) is 0 Å². The zero-order valence-corrected chi connectivity index (χ0v) is 16.2. The molecule has 3 aromatic rings. The molecule has 5 nitrogen and oxygen atoms in total. The van der Waals surface area contributed by atoms with Gasteiger partial charge in [-0.1, -0.05) is 48.5 Å². The first kappa shape index (κ1) is 18.5. The Morgan fingerprint density at radius 3 is 2.07 bits per heavy atom. The lowest BCUT2D eigenvalue weighted by Crippen LogP contribution is -2.41. The van der Waals surface area contributed by atoms with Crippen molar-refractivity contribution in [2.45, 2.75) is 19.1 Å². The molecule has 30 heavy (non-hydrogen) atoms. The number of benzene rings is 3. The second kappa shape index (κ2) is 6.78. The highest BCUT2D eigenvalue weighted by molar-refractivity contribution is 6.25. The highest BCUT2D eigenvalue weighted by Gasteiger charge is 2.68. The number of para-hydroxylation sites is 1. The smallest absolute Gasteiger partial charge is 0.266 e. The number of hydrogen-bond donors (Lipinski definition) is 0. The average molecular weight is 402 g/mol. The number of carbonyl (C=O) groups is 2. The van der Waals surface area contributed by atoms with Crippen molar-refractivity contribution in [2.24, 2.45) is 5.41 Å². The number of nitrogens with zero attached hydrogens (tertiary/aromatic N) is 2. The van der Waals surface area contributed by atoms with E-state index in [0.29, 0.717) is 5.69 Å². The minimum atomic E-state index is -1.15. The molecule has 0 saturated carbocycles. The lowest BCUT2D eigenvalue weighted by molar-refractivity contribution is -0.128. The van der Waals surface area contributed by atoms with Crippen molar-refractivity contribution in [1.29, 1.82) is 0 Å². The van der Waals surface area contributed by atoms with Crippen LogP contribution in [0.2, 0.25) is 0 Å². The first-order valence-electron chi connectivity index (χ1n) is 9.72. The molecule has 3 aromatic carbocycles. The highest BCUT2D eigenvalue weighted by atomic mass is 19.1. The second-order valence-electron chi connectivity index (χ2n) is 7.70. The molecule has 0 bridgehead atoms. The van der Waals surface area contributed by atoms with Crippen molar-refractivity contribution in [2.75, 3.05) is 9.96 Å². The van der Waals surface area contributed by atoms with E-state index in [-0.39, 0.29) is 5.91 Å². The Morgan fingerprint density at radius 1 is 0.833 bits per heavy atom. The Bertz CT molecular complexity index is 1100. The molecule has 0 N–H and O–H groups in total. The van der Waals surface area contributed by atoms with Crippen molar-refractivity contribution < 1.29 is 18.8 Å². The number of fused-ring (bicyclic) bond motifs is 1. The van der Waals surface area contributed by atoms with Gasteiger partial charge in [0.2, 0.25) is 5.91 Å². The van der Waals surface area contributed by atoms with Gasteiger partial charge in [0.15, 0.2) is 6.10 Å². The first-order valence-corrected chi connectivity index (χ1v) is 9.72. The number of carbonyl (C=O) groups excluding carboxylic acids is 2. The van der Waals surface area contributed by atoms with Crippen molar-refractivity contribution in [3.8, 4) is 0 Å². The molecule has 3 atom stereocenters. The van der Waals surface area contributed by atoms with Crippen LogP contribution < -0.4 is 9.96 Å². The molecular weight excluding hydrogens is 383 g/mol. The van der Waals surface area contributed by atoms with Crippen LogP contribution in [0.5, 0.6) is 0 Å². The number of anilines is 2. The van der Waals surface area contributed by atoms with Gasteiger partial charge in [-0.2, -0.15) is 0 Å². The molecule has 6 heteroatoms. The van der Waals surface area contributed by atoms with Gasteiger partial charge in [-0.05, 0) is 48.9 Å². The Morgan fingerprint density at radius 2 is 1.43 bits per heavy atom. The van der Waals surface area contributed by atoms with Crippen LogP contribution in [0.1, 0.15) is 18.5 Å². The number of amides is 2. The first-order chi connectivity index (χ1) is 14.5. The number of rotatable bonds is 3. The van der Waals surface area contributed by atoms with Gasteiger partial charge in [-0.25, -0.2) is 14.4 Å². The lowest BCUT2D eigenvalue weighted by atomic mass is 9.76. The van der Waals surface area contributed by atoms with E-state index in [4.69, 9.17) is 4.84 Å². The molecule has 150 valence electrons. The standard InChI is InChI=1S/C24H19FN2O3/c1-24-20(16-8-4-2-5-9-16)27(19-10-6-3-7-11-19)30-21(24)22(28)26(23(24)29)18-14-12-17(25)13-15-18/h2-15,20-21H,1H3/t20-,21-,24-/m1/s1. The fourth-order valence-corrected chi connectivity index (χ4v) is 4.40. The molecule has 2 aliphatic rings. The van der Waals surface area contributed by atoms with Gasteiger partial charge in [0.1, 0.15) is 11.2 Å². The van der Waals surface area contributed by atoms with E-state index in [9.17, 15) is 14.0 Å². The van der Waals surface area contributed by atoms with Gasteiger partial charge < -0.3 is 0 Å². The molecule has 0 aromatic heterocycles. The SMILES string of the molecule is C[C@]12C(=O)N(c3ccc(F)cc3)C(=O)[C@H]1ON(c1ccccc1)[C@@H]2c1ccccc1. The lowest BCUT2D eigenvalue weighted by Gasteiger charge is -2.32. The summed E-state index contributed by atoms with van der Waals surface area (Å²) in [4.78, 5) is 34.2. The summed E-state index contributed by atoms with van der Waals surface area (Å²) in [6.45, 7) is 1.77. The Balaban J connectivity index is 1.63. The van der Waals surface area contributed by atoms with Crippen LogP contribution in [0.25, 0.3) is 0 Å². The minimum absolute atomic E-state index is 0.337. The molecule has 0 unspecified atom stereocenters. The fraction of sp³-hybridized carbons (Fsp3) is 0.167. The normalized spacial score (nSPS) is 25.7. The maximum Gasteiger partial charge on any atom is 0.266 e. The van der Waals surface area contributed by atoms with Crippen molar-refractivity contribution in [1.82, 2.24) is 0 Å². The van der Waals surface area contributed by atoms with Crippen LogP contribution >= 0.6 is 0 Å². The summed E-state index contributed by atoms with van der Waals surface area (Å²) in [7, 11) is 0. The van der Waals surface area contributed by atoms with Gasteiger partial charge in [-0.15, -0.1) is 0 Å². The summed E-state index contributed by atoms with van der Waals surface area (Å²) < 4.78 is 13.4. The Labute approximate surface area is 173 Å².